The predicted octanol–water partition coefficient (Wildman–Crippen LogP) is 4.18. The summed E-state index contributed by atoms with van der Waals surface area (Å²) in [5.41, 5.74) is 3.93. The van der Waals surface area contributed by atoms with Crippen LogP contribution >= 0.6 is 0 Å². The summed E-state index contributed by atoms with van der Waals surface area (Å²) in [7, 11) is 0. The number of imide groups is 1. The number of benzene rings is 3. The number of aromatic hydroxyl groups is 1. The van der Waals surface area contributed by atoms with Gasteiger partial charge in [0.05, 0.1) is 17.0 Å². The van der Waals surface area contributed by atoms with E-state index in [0.717, 1.165) is 22.3 Å². The summed E-state index contributed by atoms with van der Waals surface area (Å²) < 4.78 is 0. The molecule has 3 aliphatic carbocycles. The molecule has 2 atom stereocenters. The zero-order valence-corrected chi connectivity index (χ0v) is 15.9. The van der Waals surface area contributed by atoms with Crippen LogP contribution in [0.5, 0.6) is 5.75 Å². The number of carbonyl (C=O) groups excluding carboxylic acids is 2. The van der Waals surface area contributed by atoms with Crippen molar-refractivity contribution >= 4 is 17.5 Å². The van der Waals surface area contributed by atoms with E-state index in [1.807, 2.05) is 31.2 Å². The molecule has 7 rings (SSSR count). The van der Waals surface area contributed by atoms with Crippen molar-refractivity contribution in [2.75, 3.05) is 4.90 Å². The number of phenols is 1. The van der Waals surface area contributed by atoms with Crippen molar-refractivity contribution in [2.45, 2.75) is 18.8 Å². The maximum absolute atomic E-state index is 13.8. The van der Waals surface area contributed by atoms with Gasteiger partial charge < -0.3 is 5.11 Å². The topological polar surface area (TPSA) is 57.6 Å². The van der Waals surface area contributed by atoms with Crippen molar-refractivity contribution in [3.05, 3.63) is 95.1 Å². The first-order valence-corrected chi connectivity index (χ1v) is 9.89. The lowest BCUT2D eigenvalue weighted by Gasteiger charge is -2.51. The maximum atomic E-state index is 13.8. The van der Waals surface area contributed by atoms with Crippen LogP contribution in [-0.4, -0.2) is 16.9 Å². The lowest BCUT2D eigenvalue weighted by molar-refractivity contribution is -0.128. The number of hydrogen-bond acceptors (Lipinski definition) is 3. The van der Waals surface area contributed by atoms with E-state index < -0.39 is 11.3 Å². The van der Waals surface area contributed by atoms with Gasteiger partial charge in [-0.3, -0.25) is 9.59 Å². The van der Waals surface area contributed by atoms with Gasteiger partial charge in [-0.15, -0.1) is 0 Å². The van der Waals surface area contributed by atoms with Gasteiger partial charge in [-0.1, -0.05) is 60.7 Å². The van der Waals surface area contributed by atoms with Crippen molar-refractivity contribution in [3.63, 3.8) is 0 Å². The van der Waals surface area contributed by atoms with E-state index >= 15 is 0 Å². The number of para-hydroxylation sites is 2. The van der Waals surface area contributed by atoms with Gasteiger partial charge in [-0.05, 0) is 41.3 Å². The smallest absolute Gasteiger partial charge is 0.241 e. The second kappa shape index (κ2) is 5.35. The highest BCUT2D eigenvalue weighted by Crippen LogP contribution is 2.67. The van der Waals surface area contributed by atoms with Crippen LogP contribution in [0.15, 0.2) is 72.8 Å². The van der Waals surface area contributed by atoms with Gasteiger partial charge in [0.1, 0.15) is 5.75 Å². The summed E-state index contributed by atoms with van der Waals surface area (Å²) in [6, 6.07) is 22.9. The molecular formula is C25H19NO3. The molecule has 3 aromatic rings. The second-order valence-corrected chi connectivity index (χ2v) is 8.40. The van der Waals surface area contributed by atoms with E-state index in [1.54, 1.807) is 18.2 Å². The third-order valence-corrected chi connectivity index (χ3v) is 7.14. The first-order valence-electron chi connectivity index (χ1n) is 9.89. The molecule has 2 bridgehead atoms. The van der Waals surface area contributed by atoms with Crippen LogP contribution < -0.4 is 4.90 Å². The average Bonchev–Trinajstić information content (AvgIpc) is 2.95. The minimum absolute atomic E-state index is 0.0566. The number of nitrogens with zero attached hydrogens (tertiary/aromatic N) is 1. The number of anilines is 1. The molecule has 2 amide bonds. The Morgan fingerprint density at radius 2 is 1.31 bits per heavy atom. The Morgan fingerprint density at radius 1 is 0.793 bits per heavy atom. The molecule has 0 spiro atoms. The summed E-state index contributed by atoms with van der Waals surface area (Å²) >= 11 is 0. The first kappa shape index (κ1) is 16.5. The highest BCUT2D eigenvalue weighted by molar-refractivity contribution is 6.25. The van der Waals surface area contributed by atoms with Crippen LogP contribution in [0.2, 0.25) is 0 Å². The van der Waals surface area contributed by atoms with Crippen LogP contribution in [0.25, 0.3) is 0 Å². The standard InChI is InChI=1S/C25H19NO3/c1-25-21-16-10-4-2-8-14(16)20(15-9-3-5-11-17(15)21)22(25)23(28)26(24(25)29)18-12-6-7-13-19(18)27/h2-13,20-22,27H,1H3/t20?,21?,22-,25+/m0/s1. The van der Waals surface area contributed by atoms with E-state index in [0.29, 0.717) is 0 Å². The van der Waals surface area contributed by atoms with E-state index in [1.165, 1.54) is 11.0 Å². The Balaban J connectivity index is 1.64. The largest absolute Gasteiger partial charge is 0.506 e. The monoisotopic (exact) mass is 381 g/mol. The van der Waals surface area contributed by atoms with Crippen LogP contribution in [0.4, 0.5) is 5.69 Å². The van der Waals surface area contributed by atoms with E-state index in [-0.39, 0.29) is 35.1 Å². The third-order valence-electron chi connectivity index (χ3n) is 7.14. The maximum Gasteiger partial charge on any atom is 0.241 e. The fourth-order valence-electron chi connectivity index (χ4n) is 6.00. The Bertz CT molecular complexity index is 1170. The van der Waals surface area contributed by atoms with Gasteiger partial charge in [-0.25, -0.2) is 4.90 Å². The molecule has 3 aromatic carbocycles. The van der Waals surface area contributed by atoms with Gasteiger partial charge in [0.2, 0.25) is 11.8 Å². The summed E-state index contributed by atoms with van der Waals surface area (Å²) in [5, 5.41) is 10.4. The molecule has 4 nitrogen and oxygen atoms in total. The fraction of sp³-hybridized carbons (Fsp3) is 0.200. The Hall–Kier alpha value is -3.40. The fourth-order valence-corrected chi connectivity index (χ4v) is 6.00. The van der Waals surface area contributed by atoms with Crippen molar-refractivity contribution in [1.29, 1.82) is 0 Å². The van der Waals surface area contributed by atoms with Gasteiger partial charge in [0.15, 0.2) is 0 Å². The van der Waals surface area contributed by atoms with Gasteiger partial charge in [-0.2, -0.15) is 0 Å². The van der Waals surface area contributed by atoms with Gasteiger partial charge in [0.25, 0.3) is 0 Å². The van der Waals surface area contributed by atoms with Crippen molar-refractivity contribution in [3.8, 4) is 5.75 Å². The number of phenolic OH excluding ortho intramolecular Hbond substituents is 1. The van der Waals surface area contributed by atoms with Crippen molar-refractivity contribution in [1.82, 2.24) is 0 Å². The lowest BCUT2D eigenvalue weighted by Crippen LogP contribution is -2.49. The van der Waals surface area contributed by atoms with Crippen molar-refractivity contribution in [2.24, 2.45) is 11.3 Å². The molecule has 1 fully saturated rings. The van der Waals surface area contributed by atoms with Gasteiger partial charge >= 0.3 is 0 Å². The highest BCUT2D eigenvalue weighted by Gasteiger charge is 2.69. The van der Waals surface area contributed by atoms with E-state index in [2.05, 4.69) is 24.3 Å². The van der Waals surface area contributed by atoms with Crippen LogP contribution in [0, 0.1) is 11.3 Å². The molecule has 0 unspecified atom stereocenters. The van der Waals surface area contributed by atoms with Gasteiger partial charge in [0, 0.05) is 11.8 Å². The molecule has 4 heteroatoms. The predicted molar refractivity (Wildman–Crippen MR) is 109 cm³/mol. The molecule has 1 N–H and O–H groups in total. The molecule has 1 heterocycles. The molecule has 4 aliphatic rings. The zero-order chi connectivity index (χ0) is 19.9. The summed E-state index contributed by atoms with van der Waals surface area (Å²) in [6.07, 6.45) is 0. The van der Waals surface area contributed by atoms with Crippen LogP contribution in [-0.2, 0) is 9.59 Å². The van der Waals surface area contributed by atoms with Crippen molar-refractivity contribution < 1.29 is 14.7 Å². The Labute approximate surface area is 168 Å². The average molecular weight is 381 g/mol. The first-order chi connectivity index (χ1) is 14.0. The zero-order valence-electron chi connectivity index (χ0n) is 15.9. The molecule has 0 saturated carbocycles. The van der Waals surface area contributed by atoms with E-state index in [9.17, 15) is 14.7 Å². The Morgan fingerprint density at radius 3 is 1.90 bits per heavy atom. The summed E-state index contributed by atoms with van der Waals surface area (Å²) in [5.74, 6) is -1.34. The molecule has 0 aromatic heterocycles. The SMILES string of the molecule is C[C@]12C(=O)N(c3ccccc3O)C(=O)[C@@H]1C1c3ccccc3C2c2ccccc21. The number of carbonyl (C=O) groups is 2. The number of hydrogen-bond donors (Lipinski definition) is 1. The third kappa shape index (κ3) is 1.80. The molecule has 0 radical (unpaired) electrons. The minimum Gasteiger partial charge on any atom is -0.506 e. The van der Waals surface area contributed by atoms with Crippen LogP contribution in [0.1, 0.15) is 41.0 Å². The molecule has 29 heavy (non-hydrogen) atoms. The summed E-state index contributed by atoms with van der Waals surface area (Å²) in [4.78, 5) is 28.8. The second-order valence-electron chi connectivity index (χ2n) is 8.40. The van der Waals surface area contributed by atoms with E-state index in [4.69, 9.17) is 0 Å². The summed E-state index contributed by atoms with van der Waals surface area (Å²) in [6.45, 7) is 1.93. The molecule has 1 aliphatic heterocycles. The lowest BCUT2D eigenvalue weighted by atomic mass is 9.48. The normalized spacial score (nSPS) is 28.9. The quantitative estimate of drug-likeness (QED) is 0.644. The Kier molecular flexibility index (Phi) is 3.05. The van der Waals surface area contributed by atoms with Crippen LogP contribution in [0.3, 0.4) is 0 Å². The number of amides is 2. The molecular weight excluding hydrogens is 362 g/mol. The molecule has 142 valence electrons. The number of rotatable bonds is 1. The molecule has 1 saturated heterocycles. The minimum atomic E-state index is -0.882. The highest BCUT2D eigenvalue weighted by atomic mass is 16.3.